The van der Waals surface area contributed by atoms with E-state index in [0.717, 1.165) is 75.5 Å². The van der Waals surface area contributed by atoms with Crippen molar-refractivity contribution in [2.24, 2.45) is 17.8 Å². The summed E-state index contributed by atoms with van der Waals surface area (Å²) >= 11 is 0. The largest absolute Gasteiger partial charge is 0.462 e. The molecule has 428 valence electrons. The average molecular weight is 1020 g/mol. The zero-order valence-electron chi connectivity index (χ0n) is 49.7. The predicted octanol–water partition coefficient (Wildman–Crippen LogP) is 21.8. The van der Waals surface area contributed by atoms with Crippen molar-refractivity contribution >= 4 is 17.9 Å². The minimum absolute atomic E-state index is 0.0626. The molecule has 0 spiro atoms. The standard InChI is InChI=1S/C66H128O6/c1-7-62(6)54-48-42-36-30-24-18-14-10-8-9-11-15-19-25-31-37-43-49-55-64(67)70-58-63(72-66(69)57-51-45-39-33-27-21-23-29-35-41-47-53-61(4)5)59-71-65(68)56-50-44-38-32-26-20-16-12-13-17-22-28-34-40-46-52-60(2)3/h60-63H,7-59H2,1-6H3/t62?,63-/m0/s1. The number of ether oxygens (including phenoxy) is 3. The van der Waals surface area contributed by atoms with E-state index in [9.17, 15) is 14.4 Å². The van der Waals surface area contributed by atoms with Crippen LogP contribution in [-0.4, -0.2) is 37.2 Å². The molecule has 0 heterocycles. The maximum absolute atomic E-state index is 12.9. The SMILES string of the molecule is CCC(C)CCCCCCCCCCCCCCCCCCCCC(=O)OC[C@@H](COC(=O)CCCCCCCCCCCCCCCCCC(C)C)OC(=O)CCCCCCCCCCCCCC(C)C. The topological polar surface area (TPSA) is 78.9 Å². The fraction of sp³-hybridized carbons (Fsp3) is 0.955. The van der Waals surface area contributed by atoms with Crippen LogP contribution in [0.5, 0.6) is 0 Å². The molecule has 0 aliphatic heterocycles. The van der Waals surface area contributed by atoms with Crippen molar-refractivity contribution in [3.63, 3.8) is 0 Å². The van der Waals surface area contributed by atoms with Gasteiger partial charge in [0, 0.05) is 19.3 Å². The first-order valence-electron chi connectivity index (χ1n) is 32.6. The van der Waals surface area contributed by atoms with E-state index in [4.69, 9.17) is 14.2 Å². The molecule has 0 aromatic heterocycles. The van der Waals surface area contributed by atoms with Gasteiger partial charge in [0.05, 0.1) is 0 Å². The van der Waals surface area contributed by atoms with Crippen LogP contribution in [-0.2, 0) is 28.6 Å². The van der Waals surface area contributed by atoms with Crippen LogP contribution in [0, 0.1) is 17.8 Å². The van der Waals surface area contributed by atoms with Gasteiger partial charge in [-0.25, -0.2) is 0 Å². The van der Waals surface area contributed by atoms with Crippen LogP contribution >= 0.6 is 0 Å². The summed E-state index contributed by atoms with van der Waals surface area (Å²) in [6.07, 6.45) is 62.5. The second-order valence-corrected chi connectivity index (χ2v) is 24.0. The monoisotopic (exact) mass is 1020 g/mol. The summed E-state index contributed by atoms with van der Waals surface area (Å²) in [7, 11) is 0. The number of hydrogen-bond acceptors (Lipinski definition) is 6. The number of carbonyl (C=O) groups excluding carboxylic acids is 3. The molecule has 0 aromatic carbocycles. The van der Waals surface area contributed by atoms with Gasteiger partial charge < -0.3 is 14.2 Å². The first-order valence-corrected chi connectivity index (χ1v) is 32.6. The molecule has 0 bridgehead atoms. The highest BCUT2D eigenvalue weighted by Gasteiger charge is 2.19. The lowest BCUT2D eigenvalue weighted by Gasteiger charge is -2.18. The second-order valence-electron chi connectivity index (χ2n) is 24.0. The highest BCUT2D eigenvalue weighted by Crippen LogP contribution is 2.20. The van der Waals surface area contributed by atoms with E-state index >= 15 is 0 Å². The first-order chi connectivity index (χ1) is 35.1. The summed E-state index contributed by atoms with van der Waals surface area (Å²) in [6, 6.07) is 0. The Bertz CT molecular complexity index is 1120. The molecule has 0 rings (SSSR count). The maximum atomic E-state index is 12.9. The molecule has 0 saturated carbocycles. The normalized spacial score (nSPS) is 12.5. The Morgan fingerprint density at radius 3 is 0.722 bits per heavy atom. The van der Waals surface area contributed by atoms with E-state index in [0.29, 0.717) is 19.3 Å². The highest BCUT2D eigenvalue weighted by molar-refractivity contribution is 5.71. The lowest BCUT2D eigenvalue weighted by Crippen LogP contribution is -2.30. The van der Waals surface area contributed by atoms with Crippen molar-refractivity contribution < 1.29 is 28.6 Å². The number of esters is 3. The quantitative estimate of drug-likeness (QED) is 0.0343. The third-order valence-electron chi connectivity index (χ3n) is 15.5. The van der Waals surface area contributed by atoms with Crippen LogP contribution in [0.2, 0.25) is 0 Å². The predicted molar refractivity (Wildman–Crippen MR) is 312 cm³/mol. The van der Waals surface area contributed by atoms with Crippen LogP contribution in [0.3, 0.4) is 0 Å². The molecule has 0 radical (unpaired) electrons. The summed E-state index contributed by atoms with van der Waals surface area (Å²) in [6.45, 7) is 13.8. The third kappa shape index (κ3) is 57.7. The number of hydrogen-bond donors (Lipinski definition) is 0. The molecular formula is C66H128O6. The molecule has 2 atom stereocenters. The van der Waals surface area contributed by atoms with Gasteiger partial charge in [0.15, 0.2) is 6.10 Å². The average Bonchev–Trinajstić information content (AvgIpc) is 3.36. The van der Waals surface area contributed by atoms with Crippen LogP contribution in [0.4, 0.5) is 0 Å². The summed E-state index contributed by atoms with van der Waals surface area (Å²) in [4.78, 5) is 38.3. The second kappa shape index (κ2) is 57.1. The Labute approximate surface area is 450 Å². The lowest BCUT2D eigenvalue weighted by atomic mass is 9.99. The van der Waals surface area contributed by atoms with Gasteiger partial charge in [0.1, 0.15) is 13.2 Å². The molecule has 0 aliphatic carbocycles. The zero-order chi connectivity index (χ0) is 52.6. The van der Waals surface area contributed by atoms with Gasteiger partial charge >= 0.3 is 17.9 Å². The molecule has 6 heteroatoms. The molecule has 6 nitrogen and oxygen atoms in total. The van der Waals surface area contributed by atoms with E-state index < -0.39 is 6.10 Å². The number of unbranched alkanes of at least 4 members (excludes halogenated alkanes) is 41. The third-order valence-corrected chi connectivity index (χ3v) is 15.5. The van der Waals surface area contributed by atoms with Gasteiger partial charge in [-0.3, -0.25) is 14.4 Å². The molecule has 0 aromatic rings. The Morgan fingerprint density at radius 2 is 0.486 bits per heavy atom. The highest BCUT2D eigenvalue weighted by atomic mass is 16.6. The van der Waals surface area contributed by atoms with Gasteiger partial charge in [-0.05, 0) is 37.0 Å². The van der Waals surface area contributed by atoms with Crippen LogP contribution in [0.25, 0.3) is 0 Å². The van der Waals surface area contributed by atoms with Crippen molar-refractivity contribution in [1.82, 2.24) is 0 Å². The van der Waals surface area contributed by atoms with Crippen LogP contribution in [0.15, 0.2) is 0 Å². The Morgan fingerprint density at radius 1 is 0.278 bits per heavy atom. The molecule has 0 N–H and O–H groups in total. The number of rotatable bonds is 59. The molecule has 0 fully saturated rings. The summed E-state index contributed by atoms with van der Waals surface area (Å²) in [5.74, 6) is 1.75. The minimum Gasteiger partial charge on any atom is -0.462 e. The first kappa shape index (κ1) is 70.4. The molecule has 0 amide bonds. The minimum atomic E-state index is -0.765. The molecule has 0 aliphatic rings. The van der Waals surface area contributed by atoms with Gasteiger partial charge in [-0.15, -0.1) is 0 Å². The van der Waals surface area contributed by atoms with E-state index in [-0.39, 0.29) is 31.1 Å². The Kier molecular flexibility index (Phi) is 55.9. The van der Waals surface area contributed by atoms with E-state index in [1.807, 2.05) is 0 Å². The van der Waals surface area contributed by atoms with Crippen molar-refractivity contribution in [3.05, 3.63) is 0 Å². The van der Waals surface area contributed by atoms with Gasteiger partial charge in [0.2, 0.25) is 0 Å². The fourth-order valence-electron chi connectivity index (χ4n) is 10.2. The fourth-order valence-corrected chi connectivity index (χ4v) is 10.2. The van der Waals surface area contributed by atoms with Crippen molar-refractivity contribution in [3.8, 4) is 0 Å². The molecule has 72 heavy (non-hydrogen) atoms. The zero-order valence-corrected chi connectivity index (χ0v) is 49.7. The Hall–Kier alpha value is -1.59. The van der Waals surface area contributed by atoms with E-state index in [2.05, 4.69) is 41.5 Å². The van der Waals surface area contributed by atoms with Crippen molar-refractivity contribution in [2.75, 3.05) is 13.2 Å². The molecule has 0 saturated heterocycles. The molecular weight excluding hydrogens is 889 g/mol. The van der Waals surface area contributed by atoms with Crippen molar-refractivity contribution in [1.29, 1.82) is 0 Å². The Balaban J connectivity index is 4.24. The van der Waals surface area contributed by atoms with Crippen molar-refractivity contribution in [2.45, 2.75) is 375 Å². The maximum Gasteiger partial charge on any atom is 0.306 e. The summed E-state index contributed by atoms with van der Waals surface area (Å²) < 4.78 is 17.0. The van der Waals surface area contributed by atoms with E-state index in [1.54, 1.807) is 0 Å². The molecule has 1 unspecified atom stereocenters. The smallest absolute Gasteiger partial charge is 0.306 e. The van der Waals surface area contributed by atoms with Gasteiger partial charge in [-0.2, -0.15) is 0 Å². The van der Waals surface area contributed by atoms with E-state index in [1.165, 1.54) is 250 Å². The van der Waals surface area contributed by atoms with Gasteiger partial charge in [0.25, 0.3) is 0 Å². The number of carbonyl (C=O) groups is 3. The van der Waals surface area contributed by atoms with Crippen LogP contribution in [0.1, 0.15) is 369 Å². The van der Waals surface area contributed by atoms with Crippen LogP contribution < -0.4 is 0 Å². The summed E-state index contributed by atoms with van der Waals surface area (Å²) in [5.41, 5.74) is 0. The van der Waals surface area contributed by atoms with Gasteiger partial charge in [-0.1, -0.05) is 330 Å². The lowest BCUT2D eigenvalue weighted by molar-refractivity contribution is -0.167. The summed E-state index contributed by atoms with van der Waals surface area (Å²) in [5, 5.41) is 0.